The number of carbonyl (C=O) groups is 2. The summed E-state index contributed by atoms with van der Waals surface area (Å²) in [6.07, 6.45) is 0.685. The Hall–Kier alpha value is -1.36. The highest BCUT2D eigenvalue weighted by Crippen LogP contribution is 2.07. The van der Waals surface area contributed by atoms with Crippen molar-refractivity contribution in [3.8, 4) is 0 Å². The zero-order valence-electron chi connectivity index (χ0n) is 11.1. The minimum Gasteiger partial charge on any atom is -0.550 e. The Balaban J connectivity index is 4.60. The van der Waals surface area contributed by atoms with Gasteiger partial charge in [-0.1, -0.05) is 6.08 Å². The van der Waals surface area contributed by atoms with E-state index in [2.05, 4.69) is 0 Å². The molecule has 0 bridgehead atoms. The topological polar surface area (TPSA) is 66.4 Å². The Morgan fingerprint density at radius 3 is 2.24 bits per heavy atom. The van der Waals surface area contributed by atoms with Crippen LogP contribution in [0.3, 0.4) is 0 Å². The molecule has 0 spiro atoms. The summed E-state index contributed by atoms with van der Waals surface area (Å²) >= 11 is 0. The Morgan fingerprint density at radius 2 is 1.88 bits per heavy atom. The first-order chi connectivity index (χ1) is 7.65. The summed E-state index contributed by atoms with van der Waals surface area (Å²) in [6, 6.07) is 0. The van der Waals surface area contributed by atoms with Crippen molar-refractivity contribution in [2.24, 2.45) is 0 Å². The summed E-state index contributed by atoms with van der Waals surface area (Å²) in [5, 5.41) is 10.6. The fraction of sp³-hybridized carbons (Fsp3) is 0.667. The largest absolute Gasteiger partial charge is 0.550 e. The Bertz CT molecular complexity index is 315. The molecule has 0 aliphatic rings. The molecule has 0 radical (unpaired) electrons. The number of carbonyl (C=O) groups excluding carboxylic acids is 2. The molecule has 0 aliphatic heterocycles. The van der Waals surface area contributed by atoms with Gasteiger partial charge < -0.3 is 19.1 Å². The molecule has 1 atom stereocenters. The summed E-state index contributed by atoms with van der Waals surface area (Å²) in [6.45, 7) is 3.78. The molecule has 0 rings (SSSR count). The predicted octanol–water partition coefficient (Wildman–Crippen LogP) is -0.289. The quantitative estimate of drug-likeness (QED) is 0.365. The average Bonchev–Trinajstić information content (AvgIpc) is 2.12. The van der Waals surface area contributed by atoms with E-state index in [0.717, 1.165) is 0 Å². The Kier molecular flexibility index (Phi) is 5.88. The smallest absolute Gasteiger partial charge is 0.333 e. The first-order valence-corrected chi connectivity index (χ1v) is 5.50. The van der Waals surface area contributed by atoms with Crippen LogP contribution in [0.25, 0.3) is 0 Å². The van der Waals surface area contributed by atoms with Crippen molar-refractivity contribution >= 4 is 11.9 Å². The summed E-state index contributed by atoms with van der Waals surface area (Å²) in [7, 11) is 5.70. The van der Waals surface area contributed by atoms with Gasteiger partial charge in [-0.15, -0.1) is 0 Å². The second-order valence-corrected chi connectivity index (χ2v) is 5.05. The lowest BCUT2D eigenvalue weighted by Crippen LogP contribution is -2.45. The van der Waals surface area contributed by atoms with Gasteiger partial charge in [0.2, 0.25) is 0 Å². The van der Waals surface area contributed by atoms with Crippen LogP contribution in [0.1, 0.15) is 20.3 Å². The van der Waals surface area contributed by atoms with E-state index in [9.17, 15) is 14.7 Å². The number of carboxylic acid groups (broad SMARTS) is 1. The second kappa shape index (κ2) is 6.39. The van der Waals surface area contributed by atoms with E-state index in [1.54, 1.807) is 19.9 Å². The fourth-order valence-electron chi connectivity index (χ4n) is 1.30. The van der Waals surface area contributed by atoms with Gasteiger partial charge in [0.25, 0.3) is 0 Å². The number of ether oxygens (including phenoxy) is 1. The first kappa shape index (κ1) is 15.6. The summed E-state index contributed by atoms with van der Waals surface area (Å²) in [5.41, 5.74) is 0.467. The predicted molar refractivity (Wildman–Crippen MR) is 61.8 cm³/mol. The maximum Gasteiger partial charge on any atom is 0.333 e. The third kappa shape index (κ3) is 7.52. The van der Waals surface area contributed by atoms with E-state index in [0.29, 0.717) is 16.6 Å². The van der Waals surface area contributed by atoms with E-state index in [1.165, 1.54) is 0 Å². The number of rotatable bonds is 6. The van der Waals surface area contributed by atoms with Crippen molar-refractivity contribution in [2.45, 2.75) is 26.4 Å². The van der Waals surface area contributed by atoms with Crippen LogP contribution in [0.15, 0.2) is 11.6 Å². The van der Waals surface area contributed by atoms with Crippen LogP contribution in [0.2, 0.25) is 0 Å². The van der Waals surface area contributed by atoms with Crippen molar-refractivity contribution < 1.29 is 23.9 Å². The van der Waals surface area contributed by atoms with E-state index in [-0.39, 0.29) is 6.42 Å². The number of nitrogens with zero attached hydrogens (tertiary/aromatic N) is 1. The molecule has 0 aromatic carbocycles. The molecular weight excluding hydrogens is 222 g/mol. The highest BCUT2D eigenvalue weighted by atomic mass is 16.5. The zero-order chi connectivity index (χ0) is 13.6. The third-order valence-corrected chi connectivity index (χ3v) is 2.17. The molecule has 0 saturated carbocycles. The molecular formula is C12H21NO4. The molecule has 0 fully saturated rings. The standard InChI is InChI=1S/C12H21NO4/c1-6-9(2)12(16)17-10(7-11(14)15)8-13(3,4)5/h6,10H,7-8H2,1-5H3/b9-6+. The number of esters is 1. The number of hydrogen-bond acceptors (Lipinski definition) is 4. The van der Waals surface area contributed by atoms with Gasteiger partial charge in [0.05, 0.1) is 21.1 Å². The Morgan fingerprint density at radius 1 is 1.35 bits per heavy atom. The van der Waals surface area contributed by atoms with E-state index < -0.39 is 18.0 Å². The normalized spacial score (nSPS) is 14.3. The molecule has 0 saturated heterocycles. The monoisotopic (exact) mass is 243 g/mol. The van der Waals surface area contributed by atoms with Gasteiger partial charge in [0.1, 0.15) is 6.54 Å². The molecule has 5 nitrogen and oxygen atoms in total. The SMILES string of the molecule is C/C=C(\C)C(=O)OC(CC(=O)[O-])C[N+](C)(C)C. The van der Waals surface area contributed by atoms with Crippen molar-refractivity contribution in [2.75, 3.05) is 27.7 Å². The second-order valence-electron chi connectivity index (χ2n) is 5.05. The van der Waals surface area contributed by atoms with Crippen LogP contribution in [-0.2, 0) is 14.3 Å². The van der Waals surface area contributed by atoms with Gasteiger partial charge in [0.15, 0.2) is 6.10 Å². The lowest BCUT2D eigenvalue weighted by Gasteiger charge is -2.29. The molecule has 0 aliphatic carbocycles. The highest BCUT2D eigenvalue weighted by molar-refractivity contribution is 5.87. The third-order valence-electron chi connectivity index (χ3n) is 2.17. The maximum absolute atomic E-state index is 11.5. The molecule has 0 aromatic heterocycles. The molecule has 0 aromatic rings. The number of quaternary nitrogens is 1. The van der Waals surface area contributed by atoms with Gasteiger partial charge in [-0.2, -0.15) is 0 Å². The lowest BCUT2D eigenvalue weighted by molar-refractivity contribution is -0.873. The lowest BCUT2D eigenvalue weighted by atomic mass is 10.2. The van der Waals surface area contributed by atoms with Gasteiger partial charge >= 0.3 is 5.97 Å². The number of allylic oxidation sites excluding steroid dienone is 1. The van der Waals surface area contributed by atoms with E-state index in [1.807, 2.05) is 21.1 Å². The number of likely N-dealkylation sites (N-methyl/N-ethyl adjacent to an activating group) is 1. The molecule has 5 heteroatoms. The highest BCUT2D eigenvalue weighted by Gasteiger charge is 2.22. The van der Waals surface area contributed by atoms with Gasteiger partial charge in [-0.05, 0) is 13.8 Å². The van der Waals surface area contributed by atoms with Gasteiger partial charge in [0, 0.05) is 18.0 Å². The minimum atomic E-state index is -1.21. The summed E-state index contributed by atoms with van der Waals surface area (Å²) in [5.74, 6) is -1.69. The van der Waals surface area contributed by atoms with Crippen molar-refractivity contribution in [3.63, 3.8) is 0 Å². The van der Waals surface area contributed by atoms with E-state index in [4.69, 9.17) is 4.74 Å². The fourth-order valence-corrected chi connectivity index (χ4v) is 1.30. The molecule has 0 heterocycles. The average molecular weight is 243 g/mol. The molecule has 98 valence electrons. The number of carboxylic acids is 1. The van der Waals surface area contributed by atoms with Crippen molar-refractivity contribution in [1.82, 2.24) is 0 Å². The van der Waals surface area contributed by atoms with Crippen LogP contribution in [0.4, 0.5) is 0 Å². The summed E-state index contributed by atoms with van der Waals surface area (Å²) in [4.78, 5) is 22.1. The van der Waals surface area contributed by atoms with Gasteiger partial charge in [-0.25, -0.2) is 4.79 Å². The van der Waals surface area contributed by atoms with Crippen LogP contribution in [0, 0.1) is 0 Å². The number of hydrogen-bond donors (Lipinski definition) is 0. The number of aliphatic carboxylic acids is 1. The van der Waals surface area contributed by atoms with Crippen LogP contribution in [0.5, 0.6) is 0 Å². The molecule has 0 amide bonds. The van der Waals surface area contributed by atoms with Crippen LogP contribution in [-0.4, -0.2) is 50.2 Å². The van der Waals surface area contributed by atoms with Gasteiger partial charge in [-0.3, -0.25) is 0 Å². The Labute approximate surface area is 102 Å². The van der Waals surface area contributed by atoms with Crippen LogP contribution >= 0.6 is 0 Å². The van der Waals surface area contributed by atoms with Crippen molar-refractivity contribution in [1.29, 1.82) is 0 Å². The summed E-state index contributed by atoms with van der Waals surface area (Å²) < 4.78 is 5.66. The van der Waals surface area contributed by atoms with Crippen molar-refractivity contribution in [3.05, 3.63) is 11.6 Å². The zero-order valence-corrected chi connectivity index (χ0v) is 11.1. The van der Waals surface area contributed by atoms with E-state index >= 15 is 0 Å². The first-order valence-electron chi connectivity index (χ1n) is 5.50. The van der Waals surface area contributed by atoms with Crippen LogP contribution < -0.4 is 5.11 Å². The molecule has 1 unspecified atom stereocenters. The molecule has 17 heavy (non-hydrogen) atoms. The molecule has 0 N–H and O–H groups in total. The minimum absolute atomic E-state index is 0.280. The maximum atomic E-state index is 11.5.